The Morgan fingerprint density at radius 2 is 1.89 bits per heavy atom. The predicted molar refractivity (Wildman–Crippen MR) is 92.7 cm³/mol. The number of hydrogen-bond donors (Lipinski definition) is 2. The molecule has 0 bridgehead atoms. The van der Waals surface area contributed by atoms with Crippen LogP contribution in [-0.4, -0.2) is 28.0 Å². The topological polar surface area (TPSA) is 66.9 Å². The van der Waals surface area contributed by atoms with Gasteiger partial charge in [0, 0.05) is 17.8 Å². The Morgan fingerprint density at radius 3 is 2.52 bits per heavy atom. The second kappa shape index (κ2) is 6.30. The normalized spacial score (nSPS) is 25.2. The summed E-state index contributed by atoms with van der Waals surface area (Å²) in [6.45, 7) is 2.48. The average molecular weight is 376 g/mol. The molecule has 27 heavy (non-hydrogen) atoms. The number of rotatable bonds is 2. The quantitative estimate of drug-likeness (QED) is 0.845. The first-order valence-electron chi connectivity index (χ1n) is 8.86. The summed E-state index contributed by atoms with van der Waals surface area (Å²) in [5, 5.41) is 6.24. The Hall–Kier alpha value is -2.48. The van der Waals surface area contributed by atoms with Crippen LogP contribution in [0.3, 0.4) is 0 Å². The summed E-state index contributed by atoms with van der Waals surface area (Å²) in [6.07, 6.45) is -2.17. The average Bonchev–Trinajstić information content (AvgIpc) is 3.21. The summed E-state index contributed by atoms with van der Waals surface area (Å²) < 4.78 is 38.3. The van der Waals surface area contributed by atoms with Crippen molar-refractivity contribution in [1.29, 1.82) is 0 Å². The Kier molecular flexibility index (Phi) is 4.18. The number of nitrogens with zero attached hydrogens (tertiary/aromatic N) is 2. The Labute approximate surface area is 154 Å². The number of halogens is 3. The SMILES string of the molecule is Cc1cc(-c2ccc(C(F)(F)F)cc2)nc(C2CCC3(CCNC3=O)N2)n1. The Bertz CT molecular complexity index is 882. The van der Waals surface area contributed by atoms with Crippen LogP contribution in [0.4, 0.5) is 13.2 Å². The second-order valence-electron chi connectivity index (χ2n) is 7.15. The van der Waals surface area contributed by atoms with E-state index in [2.05, 4.69) is 20.6 Å². The fourth-order valence-electron chi connectivity index (χ4n) is 3.84. The molecule has 0 radical (unpaired) electrons. The zero-order valence-corrected chi connectivity index (χ0v) is 14.7. The fraction of sp³-hybridized carbons (Fsp3) is 0.421. The number of nitrogens with one attached hydrogen (secondary N) is 2. The Morgan fingerprint density at radius 1 is 1.15 bits per heavy atom. The van der Waals surface area contributed by atoms with Gasteiger partial charge < -0.3 is 5.32 Å². The van der Waals surface area contributed by atoms with Crippen molar-refractivity contribution >= 4 is 5.91 Å². The Balaban J connectivity index is 1.62. The van der Waals surface area contributed by atoms with Gasteiger partial charge in [0.15, 0.2) is 0 Å². The van der Waals surface area contributed by atoms with Gasteiger partial charge in [-0.3, -0.25) is 10.1 Å². The molecule has 2 N–H and O–H groups in total. The van der Waals surface area contributed by atoms with Crippen LogP contribution in [0.5, 0.6) is 0 Å². The van der Waals surface area contributed by atoms with Crippen molar-refractivity contribution in [2.45, 2.75) is 43.9 Å². The van der Waals surface area contributed by atoms with Gasteiger partial charge >= 0.3 is 6.18 Å². The maximum Gasteiger partial charge on any atom is 0.416 e. The molecule has 1 aromatic carbocycles. The molecule has 2 aliphatic rings. The highest BCUT2D eigenvalue weighted by atomic mass is 19.4. The van der Waals surface area contributed by atoms with E-state index in [0.29, 0.717) is 23.6 Å². The summed E-state index contributed by atoms with van der Waals surface area (Å²) in [6, 6.07) is 6.54. The lowest BCUT2D eigenvalue weighted by Gasteiger charge is -2.21. The highest BCUT2D eigenvalue weighted by Gasteiger charge is 2.48. The third-order valence-corrected chi connectivity index (χ3v) is 5.27. The molecule has 1 spiro atoms. The van der Waals surface area contributed by atoms with Crippen molar-refractivity contribution in [3.63, 3.8) is 0 Å². The highest BCUT2D eigenvalue weighted by Crippen LogP contribution is 2.36. The van der Waals surface area contributed by atoms with Crippen LogP contribution >= 0.6 is 0 Å². The largest absolute Gasteiger partial charge is 0.416 e. The van der Waals surface area contributed by atoms with E-state index in [9.17, 15) is 18.0 Å². The van der Waals surface area contributed by atoms with E-state index in [-0.39, 0.29) is 11.9 Å². The van der Waals surface area contributed by atoms with Crippen LogP contribution in [0.2, 0.25) is 0 Å². The monoisotopic (exact) mass is 376 g/mol. The first-order chi connectivity index (χ1) is 12.8. The van der Waals surface area contributed by atoms with Crippen LogP contribution in [-0.2, 0) is 11.0 Å². The maximum atomic E-state index is 12.8. The second-order valence-corrected chi connectivity index (χ2v) is 7.15. The van der Waals surface area contributed by atoms with E-state index in [4.69, 9.17) is 0 Å². The molecule has 1 amide bonds. The van der Waals surface area contributed by atoms with Crippen LogP contribution in [0, 0.1) is 6.92 Å². The minimum atomic E-state index is -4.37. The third-order valence-electron chi connectivity index (χ3n) is 5.27. The molecule has 2 atom stereocenters. The minimum absolute atomic E-state index is 0.0145. The molecule has 0 saturated carbocycles. The molecule has 4 rings (SSSR count). The van der Waals surface area contributed by atoms with Crippen molar-refractivity contribution in [2.75, 3.05) is 6.54 Å². The van der Waals surface area contributed by atoms with E-state index in [1.165, 1.54) is 12.1 Å². The smallest absolute Gasteiger partial charge is 0.354 e. The lowest BCUT2D eigenvalue weighted by molar-refractivity contribution is -0.137. The van der Waals surface area contributed by atoms with Crippen LogP contribution < -0.4 is 10.6 Å². The number of hydrogen-bond acceptors (Lipinski definition) is 4. The molecule has 2 saturated heterocycles. The van der Waals surface area contributed by atoms with Gasteiger partial charge in [0.1, 0.15) is 11.4 Å². The van der Waals surface area contributed by atoms with E-state index in [1.807, 2.05) is 6.92 Å². The number of benzene rings is 1. The van der Waals surface area contributed by atoms with Crippen molar-refractivity contribution < 1.29 is 18.0 Å². The van der Waals surface area contributed by atoms with Crippen LogP contribution in [0.1, 0.15) is 42.4 Å². The summed E-state index contributed by atoms with van der Waals surface area (Å²) in [4.78, 5) is 21.2. The molecular formula is C19H19F3N4O. The van der Waals surface area contributed by atoms with Gasteiger partial charge in [-0.1, -0.05) is 12.1 Å². The van der Waals surface area contributed by atoms with Gasteiger partial charge in [0.2, 0.25) is 5.91 Å². The molecule has 2 unspecified atom stereocenters. The fourth-order valence-corrected chi connectivity index (χ4v) is 3.84. The van der Waals surface area contributed by atoms with Gasteiger partial charge in [-0.25, -0.2) is 9.97 Å². The summed E-state index contributed by atoms with van der Waals surface area (Å²) in [7, 11) is 0. The van der Waals surface area contributed by atoms with E-state index >= 15 is 0 Å². The zero-order chi connectivity index (χ0) is 19.2. The molecule has 1 aromatic heterocycles. The minimum Gasteiger partial charge on any atom is -0.354 e. The lowest BCUT2D eigenvalue weighted by Crippen LogP contribution is -2.47. The molecule has 0 aliphatic carbocycles. The van der Waals surface area contributed by atoms with Gasteiger partial charge in [-0.15, -0.1) is 0 Å². The van der Waals surface area contributed by atoms with Gasteiger partial charge in [0.25, 0.3) is 0 Å². The lowest BCUT2D eigenvalue weighted by atomic mass is 9.96. The number of aryl methyl sites for hydroxylation is 1. The highest BCUT2D eigenvalue weighted by molar-refractivity contribution is 5.88. The number of carbonyl (C=O) groups is 1. The number of alkyl halides is 3. The molecule has 2 fully saturated rings. The van der Waals surface area contributed by atoms with Crippen LogP contribution in [0.15, 0.2) is 30.3 Å². The molecule has 3 heterocycles. The van der Waals surface area contributed by atoms with Crippen molar-refractivity contribution in [1.82, 2.24) is 20.6 Å². The number of aromatic nitrogens is 2. The van der Waals surface area contributed by atoms with E-state index in [0.717, 1.165) is 37.1 Å². The van der Waals surface area contributed by atoms with Gasteiger partial charge in [-0.2, -0.15) is 13.2 Å². The van der Waals surface area contributed by atoms with Crippen molar-refractivity contribution in [3.05, 3.63) is 47.4 Å². The van der Waals surface area contributed by atoms with Gasteiger partial charge in [0.05, 0.1) is 17.3 Å². The molecular weight excluding hydrogens is 357 g/mol. The molecule has 2 aromatic rings. The standard InChI is InChI=1S/C19H19F3N4O/c1-11-10-15(12-2-4-13(5-3-12)19(20,21)22)25-16(24-11)14-6-7-18(26-14)8-9-23-17(18)27/h2-5,10,14,26H,6-9H2,1H3,(H,23,27). The zero-order valence-electron chi connectivity index (χ0n) is 14.7. The summed E-state index contributed by atoms with van der Waals surface area (Å²) in [5.41, 5.74) is 0.662. The molecule has 5 nitrogen and oxygen atoms in total. The first-order valence-corrected chi connectivity index (χ1v) is 8.86. The molecule has 2 aliphatic heterocycles. The molecule has 8 heteroatoms. The van der Waals surface area contributed by atoms with Gasteiger partial charge in [-0.05, 0) is 44.4 Å². The first kappa shape index (κ1) is 17.9. The van der Waals surface area contributed by atoms with Crippen molar-refractivity contribution in [3.8, 4) is 11.3 Å². The van der Waals surface area contributed by atoms with Crippen LogP contribution in [0.25, 0.3) is 11.3 Å². The predicted octanol–water partition coefficient (Wildman–Crippen LogP) is 3.15. The number of carbonyl (C=O) groups excluding carboxylic acids is 1. The summed E-state index contributed by atoms with van der Waals surface area (Å²) in [5.74, 6) is 0.585. The van der Waals surface area contributed by atoms with E-state index in [1.54, 1.807) is 6.07 Å². The summed E-state index contributed by atoms with van der Waals surface area (Å²) >= 11 is 0. The maximum absolute atomic E-state index is 12.8. The third kappa shape index (κ3) is 3.29. The van der Waals surface area contributed by atoms with Crippen molar-refractivity contribution in [2.24, 2.45) is 0 Å². The number of amides is 1. The molecule has 142 valence electrons. The van der Waals surface area contributed by atoms with E-state index < -0.39 is 17.3 Å².